The number of benzene rings is 2. The molecule has 3 aromatic rings. The molecule has 0 aliphatic carbocycles. The molecule has 0 aliphatic heterocycles. The minimum absolute atomic E-state index is 0.0731. The molecule has 0 spiro atoms. The highest BCUT2D eigenvalue weighted by atomic mass is 79.9. The van der Waals surface area contributed by atoms with Gasteiger partial charge in [-0.05, 0) is 11.6 Å². The zero-order valence-electron chi connectivity index (χ0n) is 10.2. The molecule has 0 N–H and O–H groups in total. The Kier molecular flexibility index (Phi) is 3.50. The Labute approximate surface area is 127 Å². The number of aromatic nitrogens is 1. The number of hydrogen-bond donors (Lipinski definition) is 0. The largest absolute Gasteiger partial charge is 0.271 e. The minimum atomic E-state index is -0.400. The lowest BCUT2D eigenvalue weighted by molar-refractivity contribution is -0.384. The molecule has 0 fully saturated rings. The van der Waals surface area contributed by atoms with E-state index in [1.54, 1.807) is 6.07 Å². The first-order valence-electron chi connectivity index (χ1n) is 5.87. The van der Waals surface area contributed by atoms with Crippen LogP contribution in [0, 0.1) is 10.1 Å². The molecule has 6 heteroatoms. The Morgan fingerprint density at radius 2 is 1.95 bits per heavy atom. The second-order valence-corrected chi connectivity index (χ2v) is 5.85. The summed E-state index contributed by atoms with van der Waals surface area (Å²) < 4.78 is 0.954. The summed E-state index contributed by atoms with van der Waals surface area (Å²) in [5.74, 6) is 0. The fraction of sp³-hybridized carbons (Fsp3) is 0.0714. The number of non-ortho nitro benzene ring substituents is 1. The number of nitro benzene ring substituents is 1. The fourth-order valence-corrected chi connectivity index (χ4v) is 3.21. The first kappa shape index (κ1) is 13.2. The van der Waals surface area contributed by atoms with E-state index in [9.17, 15) is 10.1 Å². The summed E-state index contributed by atoms with van der Waals surface area (Å²) in [6, 6.07) is 12.9. The van der Waals surface area contributed by atoms with E-state index in [-0.39, 0.29) is 5.69 Å². The highest BCUT2D eigenvalue weighted by molar-refractivity contribution is 9.08. The van der Waals surface area contributed by atoms with Gasteiger partial charge in [0.05, 0.1) is 15.1 Å². The molecule has 0 atom stereocenters. The van der Waals surface area contributed by atoms with E-state index in [1.165, 1.54) is 29.0 Å². The van der Waals surface area contributed by atoms with Gasteiger partial charge in [-0.3, -0.25) is 10.1 Å². The van der Waals surface area contributed by atoms with Crippen molar-refractivity contribution in [2.45, 2.75) is 5.33 Å². The zero-order chi connectivity index (χ0) is 14.1. The standard InChI is InChI=1S/C14H9BrN2O2S/c15-8-9-1-3-10(4-2-9)14-16-12-7-11(17(18)19)5-6-13(12)20-14/h1-7H,8H2. The number of halogens is 1. The number of nitro groups is 1. The van der Waals surface area contributed by atoms with E-state index in [4.69, 9.17) is 0 Å². The molecule has 0 amide bonds. The monoisotopic (exact) mass is 348 g/mol. The number of alkyl halides is 1. The fourth-order valence-electron chi connectivity index (χ4n) is 1.89. The second-order valence-electron chi connectivity index (χ2n) is 4.26. The summed E-state index contributed by atoms with van der Waals surface area (Å²) in [6.45, 7) is 0. The van der Waals surface area contributed by atoms with Crippen LogP contribution < -0.4 is 0 Å². The number of hydrogen-bond acceptors (Lipinski definition) is 4. The zero-order valence-corrected chi connectivity index (χ0v) is 12.6. The molecule has 2 aromatic carbocycles. The third kappa shape index (κ3) is 2.44. The molecular weight excluding hydrogens is 340 g/mol. The normalized spacial score (nSPS) is 10.8. The van der Waals surface area contributed by atoms with E-state index in [0.29, 0.717) is 5.52 Å². The number of nitrogens with zero attached hydrogens (tertiary/aromatic N) is 2. The summed E-state index contributed by atoms with van der Waals surface area (Å²) in [7, 11) is 0. The van der Waals surface area contributed by atoms with Crippen molar-refractivity contribution in [3.63, 3.8) is 0 Å². The highest BCUT2D eigenvalue weighted by Crippen LogP contribution is 2.32. The maximum absolute atomic E-state index is 10.8. The molecule has 4 nitrogen and oxygen atoms in total. The topological polar surface area (TPSA) is 56.0 Å². The van der Waals surface area contributed by atoms with E-state index >= 15 is 0 Å². The second kappa shape index (κ2) is 5.30. The van der Waals surface area contributed by atoms with Gasteiger partial charge in [0.25, 0.3) is 5.69 Å². The quantitative estimate of drug-likeness (QED) is 0.389. The van der Waals surface area contributed by atoms with Crippen LogP contribution in [0.25, 0.3) is 20.8 Å². The molecule has 1 heterocycles. The van der Waals surface area contributed by atoms with Gasteiger partial charge in [-0.25, -0.2) is 4.98 Å². The Morgan fingerprint density at radius 1 is 1.20 bits per heavy atom. The Morgan fingerprint density at radius 3 is 2.60 bits per heavy atom. The van der Waals surface area contributed by atoms with Gasteiger partial charge in [-0.15, -0.1) is 11.3 Å². The van der Waals surface area contributed by atoms with Gasteiger partial charge in [0.1, 0.15) is 5.01 Å². The molecular formula is C14H9BrN2O2S. The van der Waals surface area contributed by atoms with Crippen molar-refractivity contribution in [1.82, 2.24) is 4.98 Å². The predicted molar refractivity (Wildman–Crippen MR) is 84.3 cm³/mol. The third-order valence-electron chi connectivity index (χ3n) is 2.94. The summed E-state index contributed by atoms with van der Waals surface area (Å²) >= 11 is 4.95. The van der Waals surface area contributed by atoms with E-state index in [1.807, 2.05) is 24.3 Å². The first-order chi connectivity index (χ1) is 9.67. The average Bonchev–Trinajstić information content (AvgIpc) is 2.90. The maximum Gasteiger partial charge on any atom is 0.271 e. The Bertz CT molecular complexity index is 783. The molecule has 0 aliphatic rings. The van der Waals surface area contributed by atoms with Crippen LogP contribution in [0.2, 0.25) is 0 Å². The van der Waals surface area contributed by atoms with Crippen molar-refractivity contribution in [2.24, 2.45) is 0 Å². The predicted octanol–water partition coefficient (Wildman–Crippen LogP) is 4.77. The lowest BCUT2D eigenvalue weighted by Crippen LogP contribution is -1.86. The van der Waals surface area contributed by atoms with Gasteiger partial charge >= 0.3 is 0 Å². The first-order valence-corrected chi connectivity index (χ1v) is 7.81. The lowest BCUT2D eigenvalue weighted by atomic mass is 10.2. The lowest BCUT2D eigenvalue weighted by Gasteiger charge is -1.97. The van der Waals surface area contributed by atoms with Crippen LogP contribution in [0.1, 0.15) is 5.56 Å². The third-order valence-corrected chi connectivity index (χ3v) is 4.67. The molecule has 0 radical (unpaired) electrons. The molecule has 1 aromatic heterocycles. The Balaban J connectivity index is 2.05. The average molecular weight is 349 g/mol. The SMILES string of the molecule is O=[N+]([O-])c1ccc2sc(-c3ccc(CBr)cc3)nc2c1. The van der Waals surface area contributed by atoms with Gasteiger partial charge in [0.2, 0.25) is 0 Å². The van der Waals surface area contributed by atoms with Crippen molar-refractivity contribution >= 4 is 43.2 Å². The van der Waals surface area contributed by atoms with Crippen LogP contribution in [0.3, 0.4) is 0 Å². The Hall–Kier alpha value is -1.79. The van der Waals surface area contributed by atoms with Crippen molar-refractivity contribution < 1.29 is 4.92 Å². The van der Waals surface area contributed by atoms with Crippen LogP contribution in [-0.4, -0.2) is 9.91 Å². The van der Waals surface area contributed by atoms with E-state index < -0.39 is 4.92 Å². The van der Waals surface area contributed by atoms with Crippen molar-refractivity contribution in [3.8, 4) is 10.6 Å². The van der Waals surface area contributed by atoms with Gasteiger partial charge in [0.15, 0.2) is 0 Å². The van der Waals surface area contributed by atoms with Crippen LogP contribution in [0.15, 0.2) is 42.5 Å². The minimum Gasteiger partial charge on any atom is -0.258 e. The van der Waals surface area contributed by atoms with Crippen molar-refractivity contribution in [1.29, 1.82) is 0 Å². The summed E-state index contributed by atoms with van der Waals surface area (Å²) in [6.07, 6.45) is 0. The van der Waals surface area contributed by atoms with Crippen LogP contribution in [0.4, 0.5) is 5.69 Å². The van der Waals surface area contributed by atoms with Crippen molar-refractivity contribution in [2.75, 3.05) is 0 Å². The summed E-state index contributed by atoms with van der Waals surface area (Å²) in [4.78, 5) is 14.9. The number of rotatable bonds is 3. The summed E-state index contributed by atoms with van der Waals surface area (Å²) in [5, 5.41) is 12.5. The van der Waals surface area contributed by atoms with E-state index in [2.05, 4.69) is 20.9 Å². The molecule has 0 saturated heterocycles. The van der Waals surface area contributed by atoms with Crippen LogP contribution in [0.5, 0.6) is 0 Å². The van der Waals surface area contributed by atoms with Gasteiger partial charge < -0.3 is 0 Å². The van der Waals surface area contributed by atoms with Gasteiger partial charge in [-0.2, -0.15) is 0 Å². The van der Waals surface area contributed by atoms with Gasteiger partial charge in [-0.1, -0.05) is 40.2 Å². The van der Waals surface area contributed by atoms with Crippen LogP contribution >= 0.6 is 27.3 Å². The van der Waals surface area contributed by atoms with E-state index in [0.717, 1.165) is 20.6 Å². The molecule has 100 valence electrons. The van der Waals surface area contributed by atoms with Crippen LogP contribution in [-0.2, 0) is 5.33 Å². The maximum atomic E-state index is 10.8. The smallest absolute Gasteiger partial charge is 0.258 e. The molecule has 0 saturated carbocycles. The highest BCUT2D eigenvalue weighted by Gasteiger charge is 2.11. The van der Waals surface area contributed by atoms with Crippen molar-refractivity contribution in [3.05, 3.63) is 58.1 Å². The molecule has 20 heavy (non-hydrogen) atoms. The number of thiazole rings is 1. The molecule has 3 rings (SSSR count). The van der Waals surface area contributed by atoms with Gasteiger partial charge in [0, 0.05) is 23.0 Å². The number of fused-ring (bicyclic) bond motifs is 1. The molecule has 0 bridgehead atoms. The molecule has 0 unspecified atom stereocenters. The summed E-state index contributed by atoms with van der Waals surface area (Å²) in [5.41, 5.74) is 2.97.